The highest BCUT2D eigenvalue weighted by Gasteiger charge is 2.13. The Balaban J connectivity index is 1.76. The van der Waals surface area contributed by atoms with Gasteiger partial charge in [0.1, 0.15) is 18.2 Å². The zero-order valence-electron chi connectivity index (χ0n) is 16.8. The van der Waals surface area contributed by atoms with Gasteiger partial charge in [-0.1, -0.05) is 50.6 Å². The standard InChI is InChI=1S/C23H31N3O/c1-4-6-15-25(5-2)18-23-24-20-12-8-9-13-21(20)26(23)16-17-27-22-14-10-7-11-19(22)3/h7-14H,4-6,15-18H2,1-3H3. The van der Waals surface area contributed by atoms with Gasteiger partial charge >= 0.3 is 0 Å². The second-order valence-corrected chi connectivity index (χ2v) is 7.00. The molecule has 0 bridgehead atoms. The smallest absolute Gasteiger partial charge is 0.124 e. The van der Waals surface area contributed by atoms with E-state index in [9.17, 15) is 0 Å². The number of hydrogen-bond acceptors (Lipinski definition) is 3. The van der Waals surface area contributed by atoms with Crippen LogP contribution in [0.15, 0.2) is 48.5 Å². The minimum absolute atomic E-state index is 0.638. The summed E-state index contributed by atoms with van der Waals surface area (Å²) in [6, 6.07) is 16.6. The number of benzene rings is 2. The number of hydrogen-bond donors (Lipinski definition) is 0. The number of imidazole rings is 1. The molecule has 3 aromatic rings. The van der Waals surface area contributed by atoms with E-state index in [1.165, 1.54) is 23.9 Å². The second-order valence-electron chi connectivity index (χ2n) is 7.00. The van der Waals surface area contributed by atoms with Crippen LogP contribution in [0.5, 0.6) is 5.75 Å². The maximum Gasteiger partial charge on any atom is 0.124 e. The van der Waals surface area contributed by atoms with Crippen LogP contribution in [0.3, 0.4) is 0 Å². The van der Waals surface area contributed by atoms with Crippen LogP contribution in [0.1, 0.15) is 38.1 Å². The zero-order valence-corrected chi connectivity index (χ0v) is 16.8. The van der Waals surface area contributed by atoms with Crippen LogP contribution in [0.25, 0.3) is 11.0 Å². The van der Waals surface area contributed by atoms with Gasteiger partial charge in [0.05, 0.1) is 24.1 Å². The van der Waals surface area contributed by atoms with Crippen LogP contribution in [0.4, 0.5) is 0 Å². The molecule has 0 spiro atoms. The second kappa shape index (κ2) is 9.56. The Bertz CT molecular complexity index is 856. The van der Waals surface area contributed by atoms with Gasteiger partial charge in [-0.2, -0.15) is 0 Å². The third-order valence-electron chi connectivity index (χ3n) is 5.04. The molecular weight excluding hydrogens is 334 g/mol. The first-order valence-electron chi connectivity index (χ1n) is 10.1. The van der Waals surface area contributed by atoms with Gasteiger partial charge < -0.3 is 9.30 Å². The molecule has 1 aromatic heterocycles. The topological polar surface area (TPSA) is 30.3 Å². The van der Waals surface area contributed by atoms with E-state index in [0.29, 0.717) is 6.61 Å². The first-order valence-corrected chi connectivity index (χ1v) is 10.1. The first-order chi connectivity index (χ1) is 13.2. The van der Waals surface area contributed by atoms with Gasteiger partial charge in [0.2, 0.25) is 0 Å². The lowest BCUT2D eigenvalue weighted by Crippen LogP contribution is -2.26. The molecule has 0 atom stereocenters. The lowest BCUT2D eigenvalue weighted by Gasteiger charge is -2.20. The number of aryl methyl sites for hydroxylation is 1. The molecule has 0 fully saturated rings. The van der Waals surface area contributed by atoms with E-state index in [2.05, 4.69) is 60.6 Å². The summed E-state index contributed by atoms with van der Waals surface area (Å²) in [4.78, 5) is 7.39. The van der Waals surface area contributed by atoms with Crippen LogP contribution in [0.2, 0.25) is 0 Å². The average molecular weight is 366 g/mol. The highest BCUT2D eigenvalue weighted by atomic mass is 16.5. The fraction of sp³-hybridized carbons (Fsp3) is 0.435. The number of ether oxygens (including phenoxy) is 1. The number of fused-ring (bicyclic) bond motifs is 1. The SMILES string of the molecule is CCCCN(CC)Cc1nc2ccccc2n1CCOc1ccccc1C. The van der Waals surface area contributed by atoms with E-state index in [-0.39, 0.29) is 0 Å². The highest BCUT2D eigenvalue weighted by molar-refractivity contribution is 5.75. The third-order valence-corrected chi connectivity index (χ3v) is 5.04. The number of para-hydroxylation sites is 3. The molecule has 144 valence electrons. The molecule has 0 aliphatic carbocycles. The van der Waals surface area contributed by atoms with Crippen molar-refractivity contribution < 1.29 is 4.74 Å². The quantitative estimate of drug-likeness (QED) is 0.504. The fourth-order valence-electron chi connectivity index (χ4n) is 3.39. The monoisotopic (exact) mass is 365 g/mol. The van der Waals surface area contributed by atoms with Gasteiger partial charge in [-0.05, 0) is 50.2 Å². The molecule has 0 saturated heterocycles. The summed E-state index contributed by atoms with van der Waals surface area (Å²) in [5.74, 6) is 2.09. The Hall–Kier alpha value is -2.33. The summed E-state index contributed by atoms with van der Waals surface area (Å²) in [6.45, 7) is 11.0. The Morgan fingerprint density at radius 2 is 1.81 bits per heavy atom. The Labute approximate surface area is 162 Å². The maximum atomic E-state index is 6.05. The first kappa shape index (κ1) is 19.4. The maximum absolute atomic E-state index is 6.05. The molecule has 2 aromatic carbocycles. The summed E-state index contributed by atoms with van der Waals surface area (Å²) >= 11 is 0. The molecule has 0 aliphatic heterocycles. The number of rotatable bonds is 10. The van der Waals surface area contributed by atoms with E-state index < -0.39 is 0 Å². The molecule has 27 heavy (non-hydrogen) atoms. The number of aromatic nitrogens is 2. The van der Waals surface area contributed by atoms with Crippen molar-refractivity contribution in [2.24, 2.45) is 0 Å². The molecule has 0 saturated carbocycles. The normalized spacial score (nSPS) is 11.4. The Kier molecular flexibility index (Phi) is 6.88. The fourth-order valence-corrected chi connectivity index (χ4v) is 3.39. The molecule has 3 rings (SSSR count). The summed E-state index contributed by atoms with van der Waals surface area (Å²) in [7, 11) is 0. The van der Waals surface area contributed by atoms with Crippen molar-refractivity contribution in [2.45, 2.75) is 46.7 Å². The van der Waals surface area contributed by atoms with Gasteiger partial charge in [-0.25, -0.2) is 4.98 Å². The van der Waals surface area contributed by atoms with Crippen LogP contribution < -0.4 is 4.74 Å². The van der Waals surface area contributed by atoms with Crippen LogP contribution in [-0.2, 0) is 13.1 Å². The van der Waals surface area contributed by atoms with Crippen molar-refractivity contribution in [3.63, 3.8) is 0 Å². The van der Waals surface area contributed by atoms with Gasteiger partial charge in [-0.3, -0.25) is 4.90 Å². The minimum atomic E-state index is 0.638. The van der Waals surface area contributed by atoms with Crippen molar-refractivity contribution in [2.75, 3.05) is 19.7 Å². The van der Waals surface area contributed by atoms with Crippen LogP contribution in [0, 0.1) is 6.92 Å². The van der Waals surface area contributed by atoms with Crippen molar-refractivity contribution in [1.29, 1.82) is 0 Å². The van der Waals surface area contributed by atoms with Crippen LogP contribution in [-0.4, -0.2) is 34.1 Å². The Morgan fingerprint density at radius 1 is 1.04 bits per heavy atom. The van der Waals surface area contributed by atoms with E-state index >= 15 is 0 Å². The lowest BCUT2D eigenvalue weighted by molar-refractivity contribution is 0.257. The summed E-state index contributed by atoms with van der Waals surface area (Å²) in [6.07, 6.45) is 2.45. The predicted molar refractivity (Wildman–Crippen MR) is 112 cm³/mol. The van der Waals surface area contributed by atoms with Crippen molar-refractivity contribution in [3.05, 3.63) is 59.9 Å². The van der Waals surface area contributed by atoms with Gasteiger partial charge in [0.25, 0.3) is 0 Å². The van der Waals surface area contributed by atoms with E-state index in [0.717, 1.165) is 43.3 Å². The molecule has 0 aliphatic rings. The molecule has 4 nitrogen and oxygen atoms in total. The van der Waals surface area contributed by atoms with E-state index in [1.54, 1.807) is 0 Å². The summed E-state index contributed by atoms with van der Waals surface area (Å²) in [5, 5.41) is 0. The van der Waals surface area contributed by atoms with Crippen molar-refractivity contribution in [3.8, 4) is 5.75 Å². The van der Waals surface area contributed by atoms with Crippen LogP contribution >= 0.6 is 0 Å². The van der Waals surface area contributed by atoms with Crippen molar-refractivity contribution in [1.82, 2.24) is 14.5 Å². The number of unbranched alkanes of at least 4 members (excludes halogenated alkanes) is 1. The molecule has 0 amide bonds. The molecule has 0 unspecified atom stereocenters. The molecule has 1 heterocycles. The van der Waals surface area contributed by atoms with Crippen molar-refractivity contribution >= 4 is 11.0 Å². The minimum Gasteiger partial charge on any atom is -0.491 e. The number of nitrogens with zero attached hydrogens (tertiary/aromatic N) is 3. The highest BCUT2D eigenvalue weighted by Crippen LogP contribution is 2.19. The molecule has 4 heteroatoms. The summed E-state index contributed by atoms with van der Waals surface area (Å²) < 4.78 is 8.37. The third kappa shape index (κ3) is 4.89. The average Bonchev–Trinajstić information content (AvgIpc) is 3.04. The lowest BCUT2D eigenvalue weighted by atomic mass is 10.2. The zero-order chi connectivity index (χ0) is 19.1. The molecule has 0 N–H and O–H groups in total. The largest absolute Gasteiger partial charge is 0.491 e. The van der Waals surface area contributed by atoms with E-state index in [1.807, 2.05) is 18.2 Å². The van der Waals surface area contributed by atoms with Gasteiger partial charge in [0, 0.05) is 0 Å². The molecular formula is C23H31N3O. The molecule has 0 radical (unpaired) electrons. The summed E-state index contributed by atoms with van der Waals surface area (Å²) in [5.41, 5.74) is 3.42. The van der Waals surface area contributed by atoms with Gasteiger partial charge in [0.15, 0.2) is 0 Å². The van der Waals surface area contributed by atoms with E-state index in [4.69, 9.17) is 9.72 Å². The Morgan fingerprint density at radius 3 is 2.59 bits per heavy atom. The van der Waals surface area contributed by atoms with Gasteiger partial charge in [-0.15, -0.1) is 0 Å². The predicted octanol–water partition coefficient (Wildman–Crippen LogP) is 5.05.